The Labute approximate surface area is 155 Å². The van der Waals surface area contributed by atoms with Crippen LogP contribution in [0.5, 0.6) is 5.75 Å². The molecule has 0 aliphatic rings. The number of alkyl halides is 3. The van der Waals surface area contributed by atoms with E-state index in [1.165, 1.54) is 12.1 Å². The summed E-state index contributed by atoms with van der Waals surface area (Å²) in [6, 6.07) is 15.6. The van der Waals surface area contributed by atoms with Crippen LogP contribution in [0.2, 0.25) is 0 Å². The van der Waals surface area contributed by atoms with E-state index in [-0.39, 0.29) is 12.4 Å². The van der Waals surface area contributed by atoms with E-state index in [2.05, 4.69) is 10.1 Å². The van der Waals surface area contributed by atoms with Crippen molar-refractivity contribution in [3.05, 3.63) is 71.8 Å². The number of amides is 1. The van der Waals surface area contributed by atoms with Gasteiger partial charge in [0.05, 0.1) is 0 Å². The van der Waals surface area contributed by atoms with Gasteiger partial charge in [0.1, 0.15) is 12.4 Å². The van der Waals surface area contributed by atoms with E-state index in [0.717, 1.165) is 11.1 Å². The van der Waals surface area contributed by atoms with E-state index in [0.29, 0.717) is 13.0 Å². The molecule has 0 unspecified atom stereocenters. The van der Waals surface area contributed by atoms with Crippen molar-refractivity contribution in [3.8, 4) is 5.75 Å². The number of hydrogen-bond donors (Lipinski definition) is 1. The number of carbonyl (C=O) groups is 1. The molecule has 1 amide bonds. The van der Waals surface area contributed by atoms with E-state index < -0.39 is 18.9 Å². The first-order chi connectivity index (χ1) is 12.9. The molecule has 2 rings (SSSR count). The molecule has 0 radical (unpaired) electrons. The molecule has 0 aliphatic carbocycles. The van der Waals surface area contributed by atoms with Gasteiger partial charge in [-0.05, 0) is 29.7 Å². The highest BCUT2D eigenvalue weighted by Gasteiger charge is 2.28. The van der Waals surface area contributed by atoms with Crippen molar-refractivity contribution in [1.82, 2.24) is 5.32 Å². The van der Waals surface area contributed by atoms with Crippen LogP contribution in [0.1, 0.15) is 17.5 Å². The van der Waals surface area contributed by atoms with Crippen molar-refractivity contribution in [3.63, 3.8) is 0 Å². The molecular weight excluding hydrogens is 359 g/mol. The van der Waals surface area contributed by atoms with Gasteiger partial charge in [0.2, 0.25) is 0 Å². The lowest BCUT2D eigenvalue weighted by atomic mass is 10.2. The highest BCUT2D eigenvalue weighted by Crippen LogP contribution is 2.19. The zero-order valence-electron chi connectivity index (χ0n) is 14.5. The third-order valence-corrected chi connectivity index (χ3v) is 3.39. The van der Waals surface area contributed by atoms with Crippen molar-refractivity contribution < 1.29 is 27.4 Å². The molecule has 0 saturated carbocycles. The molecule has 0 spiro atoms. The molecule has 0 bridgehead atoms. The molecule has 0 heterocycles. The number of rotatable bonds is 8. The lowest BCUT2D eigenvalue weighted by Gasteiger charge is -2.08. The largest absolute Gasteiger partial charge is 0.484 e. The van der Waals surface area contributed by atoms with Crippen LogP contribution in [0.4, 0.5) is 18.0 Å². The molecule has 0 saturated heterocycles. The predicted octanol–water partition coefficient (Wildman–Crippen LogP) is 4.96. The Bertz CT molecular complexity index is 728. The second-order valence-corrected chi connectivity index (χ2v) is 5.65. The van der Waals surface area contributed by atoms with Gasteiger partial charge in [-0.15, -0.1) is 0 Å². The Morgan fingerprint density at radius 2 is 1.74 bits per heavy atom. The first-order valence-corrected chi connectivity index (χ1v) is 8.33. The number of nitrogens with one attached hydrogen (secondary N) is 1. The van der Waals surface area contributed by atoms with Gasteiger partial charge in [0.25, 0.3) is 0 Å². The van der Waals surface area contributed by atoms with Crippen molar-refractivity contribution in [2.45, 2.75) is 19.2 Å². The summed E-state index contributed by atoms with van der Waals surface area (Å²) in [5, 5.41) is 2.64. The summed E-state index contributed by atoms with van der Waals surface area (Å²) in [6.07, 6.45) is -0.591. The second kappa shape index (κ2) is 10.3. The SMILES string of the molecule is O=C(NCCC=Cc1ccc(OCC(F)(F)F)cc1)OCc1ccccc1. The summed E-state index contributed by atoms with van der Waals surface area (Å²) in [6.45, 7) is -0.684. The van der Waals surface area contributed by atoms with E-state index >= 15 is 0 Å². The zero-order chi connectivity index (χ0) is 19.5. The van der Waals surface area contributed by atoms with E-state index in [9.17, 15) is 18.0 Å². The summed E-state index contributed by atoms with van der Waals surface area (Å²) in [4.78, 5) is 11.6. The molecule has 27 heavy (non-hydrogen) atoms. The predicted molar refractivity (Wildman–Crippen MR) is 96.3 cm³/mol. The average Bonchev–Trinajstić information content (AvgIpc) is 2.65. The molecule has 1 N–H and O–H groups in total. The number of carbonyl (C=O) groups excluding carboxylic acids is 1. The van der Waals surface area contributed by atoms with Crippen LogP contribution in [0.25, 0.3) is 6.08 Å². The minimum atomic E-state index is -4.35. The molecule has 144 valence electrons. The first-order valence-electron chi connectivity index (χ1n) is 8.33. The van der Waals surface area contributed by atoms with Gasteiger partial charge in [0, 0.05) is 6.54 Å². The molecule has 7 heteroatoms. The van der Waals surface area contributed by atoms with Crippen LogP contribution in [-0.2, 0) is 11.3 Å². The van der Waals surface area contributed by atoms with Gasteiger partial charge in [-0.25, -0.2) is 4.79 Å². The van der Waals surface area contributed by atoms with Crippen LogP contribution in [-0.4, -0.2) is 25.4 Å². The number of halogens is 3. The lowest BCUT2D eigenvalue weighted by molar-refractivity contribution is -0.153. The summed E-state index contributed by atoms with van der Waals surface area (Å²) < 4.78 is 46.0. The zero-order valence-corrected chi connectivity index (χ0v) is 14.5. The van der Waals surface area contributed by atoms with Crippen molar-refractivity contribution in [2.24, 2.45) is 0 Å². The lowest BCUT2D eigenvalue weighted by Crippen LogP contribution is -2.24. The number of alkyl carbamates (subject to hydrolysis) is 1. The van der Waals surface area contributed by atoms with Crippen LogP contribution < -0.4 is 10.1 Å². The highest BCUT2D eigenvalue weighted by atomic mass is 19.4. The number of ether oxygens (including phenoxy) is 2. The fraction of sp³-hybridized carbons (Fsp3) is 0.250. The average molecular weight is 379 g/mol. The first kappa shape index (κ1) is 20.4. The van der Waals surface area contributed by atoms with Gasteiger partial charge in [-0.1, -0.05) is 54.6 Å². The smallest absolute Gasteiger partial charge is 0.422 e. The van der Waals surface area contributed by atoms with Crippen LogP contribution in [0, 0.1) is 0 Å². The summed E-state index contributed by atoms with van der Waals surface area (Å²) >= 11 is 0. The molecule has 0 aliphatic heterocycles. The minimum absolute atomic E-state index is 0.160. The quantitative estimate of drug-likeness (QED) is 0.660. The van der Waals surface area contributed by atoms with Crippen molar-refractivity contribution >= 4 is 12.2 Å². The molecule has 0 fully saturated rings. The van der Waals surface area contributed by atoms with E-state index in [1.54, 1.807) is 12.1 Å². The third-order valence-electron chi connectivity index (χ3n) is 3.39. The summed E-state index contributed by atoms with van der Waals surface area (Å²) in [5.74, 6) is 0.160. The maximum Gasteiger partial charge on any atom is 0.422 e. The van der Waals surface area contributed by atoms with Crippen LogP contribution in [0.3, 0.4) is 0 Å². The van der Waals surface area contributed by atoms with Crippen molar-refractivity contribution in [2.75, 3.05) is 13.2 Å². The Morgan fingerprint density at radius 3 is 2.41 bits per heavy atom. The maximum absolute atomic E-state index is 12.1. The second-order valence-electron chi connectivity index (χ2n) is 5.65. The summed E-state index contributed by atoms with van der Waals surface area (Å²) in [7, 11) is 0. The van der Waals surface area contributed by atoms with Gasteiger partial charge < -0.3 is 14.8 Å². The Morgan fingerprint density at radius 1 is 1.04 bits per heavy atom. The highest BCUT2D eigenvalue weighted by molar-refractivity contribution is 5.67. The molecular formula is C20H20F3NO3. The molecule has 4 nitrogen and oxygen atoms in total. The minimum Gasteiger partial charge on any atom is -0.484 e. The topological polar surface area (TPSA) is 47.6 Å². The number of hydrogen-bond acceptors (Lipinski definition) is 3. The maximum atomic E-state index is 12.1. The number of benzene rings is 2. The van der Waals surface area contributed by atoms with E-state index in [1.807, 2.05) is 42.5 Å². The molecule has 2 aromatic carbocycles. The van der Waals surface area contributed by atoms with Gasteiger partial charge in [0.15, 0.2) is 6.61 Å². The van der Waals surface area contributed by atoms with E-state index in [4.69, 9.17) is 4.74 Å². The standard InChI is InChI=1S/C20H20F3NO3/c21-20(22,23)15-27-18-11-9-16(10-12-18)6-4-5-13-24-19(25)26-14-17-7-2-1-3-8-17/h1-4,6-12H,5,13-15H2,(H,24,25). The van der Waals surface area contributed by atoms with Crippen LogP contribution in [0.15, 0.2) is 60.7 Å². The fourth-order valence-corrected chi connectivity index (χ4v) is 2.09. The molecule has 2 aromatic rings. The van der Waals surface area contributed by atoms with Crippen molar-refractivity contribution in [1.29, 1.82) is 0 Å². The van der Waals surface area contributed by atoms with Gasteiger partial charge in [-0.3, -0.25) is 0 Å². The Balaban J connectivity index is 1.63. The summed E-state index contributed by atoms with van der Waals surface area (Å²) in [5.41, 5.74) is 1.73. The molecule has 0 aromatic heterocycles. The monoisotopic (exact) mass is 379 g/mol. The normalized spacial score (nSPS) is 11.4. The van der Waals surface area contributed by atoms with Gasteiger partial charge >= 0.3 is 12.3 Å². The Hall–Kier alpha value is -2.96. The molecule has 0 atom stereocenters. The van der Waals surface area contributed by atoms with Gasteiger partial charge in [-0.2, -0.15) is 13.2 Å². The Kier molecular flexibility index (Phi) is 7.73. The third kappa shape index (κ3) is 8.80. The fourth-order valence-electron chi connectivity index (χ4n) is 2.09. The van der Waals surface area contributed by atoms with Crippen LogP contribution >= 0.6 is 0 Å².